The van der Waals surface area contributed by atoms with E-state index in [1.54, 1.807) is 0 Å². The Morgan fingerprint density at radius 1 is 0.210 bits per heavy atom. The number of para-hydroxylation sites is 6. The molecule has 0 N–H and O–H groups in total. The van der Waals surface area contributed by atoms with E-state index < -0.39 is 0 Å². The summed E-state index contributed by atoms with van der Waals surface area (Å²) >= 11 is 0. The lowest BCUT2D eigenvalue weighted by Gasteiger charge is -2.13. The summed E-state index contributed by atoms with van der Waals surface area (Å²) in [6.07, 6.45) is 0. The molecule has 0 saturated carbocycles. The lowest BCUT2D eigenvalue weighted by atomic mass is 9.93. The molecule has 0 aliphatic carbocycles. The van der Waals surface area contributed by atoms with Crippen LogP contribution in [-0.4, -0.2) is 9.13 Å². The second-order valence-electron chi connectivity index (χ2n) is 16.1. The molecule has 0 amide bonds. The third-order valence-corrected chi connectivity index (χ3v) is 12.5. The van der Waals surface area contributed by atoms with Crippen molar-refractivity contribution in [2.45, 2.75) is 0 Å². The molecule has 0 atom stereocenters. The topological polar surface area (TPSA) is 9.86 Å². The Labute approximate surface area is 360 Å². The van der Waals surface area contributed by atoms with E-state index in [1.165, 1.54) is 99.2 Å². The van der Waals surface area contributed by atoms with Crippen LogP contribution in [-0.2, 0) is 0 Å². The minimum Gasteiger partial charge on any atom is -0.309 e. The van der Waals surface area contributed by atoms with Gasteiger partial charge in [-0.05, 0) is 105 Å². The predicted octanol–water partition coefficient (Wildman–Crippen LogP) is 16.2. The summed E-state index contributed by atoms with van der Waals surface area (Å²) in [7, 11) is 0. The fourth-order valence-corrected chi connectivity index (χ4v) is 9.68. The van der Waals surface area contributed by atoms with Gasteiger partial charge in [0.05, 0.1) is 22.1 Å². The van der Waals surface area contributed by atoms with Crippen LogP contribution in [0, 0.1) is 0 Å². The third kappa shape index (κ3) is 5.96. The van der Waals surface area contributed by atoms with Crippen LogP contribution in [0.2, 0.25) is 0 Å². The average Bonchev–Trinajstić information content (AvgIpc) is 3.88. The lowest BCUT2D eigenvalue weighted by molar-refractivity contribution is 1.18. The number of benzene rings is 10. The van der Waals surface area contributed by atoms with Gasteiger partial charge in [0.15, 0.2) is 0 Å². The highest BCUT2D eigenvalue weighted by molar-refractivity contribution is 6.15. The molecule has 0 bridgehead atoms. The molecule has 0 fully saturated rings. The first kappa shape index (κ1) is 35.7. The summed E-state index contributed by atoms with van der Waals surface area (Å²) in [6, 6.07) is 88.3. The number of hydrogen-bond acceptors (Lipinski definition) is 0. The van der Waals surface area contributed by atoms with Crippen molar-refractivity contribution in [1.29, 1.82) is 0 Å². The zero-order chi connectivity index (χ0) is 41.0. The van der Waals surface area contributed by atoms with Crippen LogP contribution < -0.4 is 0 Å². The van der Waals surface area contributed by atoms with Gasteiger partial charge in [0.2, 0.25) is 0 Å². The molecular weight excluding hydrogens is 749 g/mol. The van der Waals surface area contributed by atoms with E-state index in [2.05, 4.69) is 252 Å². The number of nitrogens with zero attached hydrogens (tertiary/aromatic N) is 2. The maximum Gasteiger partial charge on any atom is 0.0619 e. The van der Waals surface area contributed by atoms with Gasteiger partial charge in [0.25, 0.3) is 0 Å². The van der Waals surface area contributed by atoms with E-state index in [0.717, 1.165) is 11.4 Å². The maximum absolute atomic E-state index is 2.42. The Bertz CT molecular complexity index is 3380. The number of rotatable bonds is 7. The van der Waals surface area contributed by atoms with Gasteiger partial charge < -0.3 is 9.13 Å². The Kier molecular flexibility index (Phi) is 8.53. The highest BCUT2D eigenvalue weighted by atomic mass is 15.0. The molecule has 0 saturated heterocycles. The SMILES string of the molecule is c1ccc(-n2c3ccccc3c3cccc(-c4cccc(-c5cccc(-c6cccc(-c7cccc(-c8cccc9c%10ccccc%10n(-c%10ccccc%10)c89)c7)c6)c5)c4)c32)cc1. The molecule has 2 heterocycles. The minimum absolute atomic E-state index is 1.16. The van der Waals surface area contributed by atoms with Crippen molar-refractivity contribution in [3.05, 3.63) is 243 Å². The van der Waals surface area contributed by atoms with Gasteiger partial charge in [-0.25, -0.2) is 0 Å². The molecule has 0 unspecified atom stereocenters. The van der Waals surface area contributed by atoms with Crippen LogP contribution >= 0.6 is 0 Å². The minimum atomic E-state index is 1.16. The van der Waals surface area contributed by atoms with Gasteiger partial charge in [-0.1, -0.05) is 182 Å². The molecule has 12 rings (SSSR count). The van der Waals surface area contributed by atoms with Crippen LogP contribution in [0.25, 0.3) is 111 Å². The normalized spacial score (nSPS) is 11.5. The Morgan fingerprint density at radius 3 is 0.887 bits per heavy atom. The monoisotopic (exact) mass is 788 g/mol. The van der Waals surface area contributed by atoms with Gasteiger partial charge >= 0.3 is 0 Å². The maximum atomic E-state index is 2.42. The van der Waals surface area contributed by atoms with Crippen molar-refractivity contribution >= 4 is 43.6 Å². The summed E-state index contributed by atoms with van der Waals surface area (Å²) in [5, 5.41) is 5.03. The van der Waals surface area contributed by atoms with Crippen LogP contribution in [0.1, 0.15) is 0 Å². The zero-order valence-corrected chi connectivity index (χ0v) is 34.0. The fraction of sp³-hybridized carbons (Fsp3) is 0. The first-order valence-electron chi connectivity index (χ1n) is 21.3. The number of hydrogen-bond donors (Lipinski definition) is 0. The van der Waals surface area contributed by atoms with Crippen molar-refractivity contribution in [2.75, 3.05) is 0 Å². The molecule has 62 heavy (non-hydrogen) atoms. The standard InChI is InChI=1S/C60H40N2/c1-3-25-49(26-4-1)61-57-35-9-7-29-53(57)55-33-15-31-51(59(55)61)47-23-13-21-45(39-47)43-19-11-17-41(37-43)42-18-12-20-44(38-42)46-22-14-24-48(40-46)52-32-16-34-56-54-30-8-10-36-58(54)62(60(52)56)50-27-5-2-6-28-50/h1-40H. The number of fused-ring (bicyclic) bond motifs is 6. The highest BCUT2D eigenvalue weighted by Crippen LogP contribution is 2.41. The van der Waals surface area contributed by atoms with E-state index in [-0.39, 0.29) is 0 Å². The molecule has 2 nitrogen and oxygen atoms in total. The smallest absolute Gasteiger partial charge is 0.0619 e. The molecule has 0 aliphatic heterocycles. The summed E-state index contributed by atoms with van der Waals surface area (Å²) in [4.78, 5) is 0. The van der Waals surface area contributed by atoms with Gasteiger partial charge in [0, 0.05) is 44.0 Å². The quantitative estimate of drug-likeness (QED) is 0.152. The van der Waals surface area contributed by atoms with Crippen molar-refractivity contribution in [3.8, 4) is 67.0 Å². The van der Waals surface area contributed by atoms with Crippen molar-refractivity contribution in [2.24, 2.45) is 0 Å². The third-order valence-electron chi connectivity index (χ3n) is 12.5. The number of aromatic nitrogens is 2. The van der Waals surface area contributed by atoms with Gasteiger partial charge in [-0.2, -0.15) is 0 Å². The summed E-state index contributed by atoms with van der Waals surface area (Å²) in [6.45, 7) is 0. The molecule has 10 aromatic carbocycles. The largest absolute Gasteiger partial charge is 0.309 e. The van der Waals surface area contributed by atoms with E-state index in [4.69, 9.17) is 0 Å². The van der Waals surface area contributed by atoms with Crippen LogP contribution in [0.4, 0.5) is 0 Å². The van der Waals surface area contributed by atoms with Crippen molar-refractivity contribution in [1.82, 2.24) is 9.13 Å². The van der Waals surface area contributed by atoms with Gasteiger partial charge in [0.1, 0.15) is 0 Å². The molecular formula is C60H40N2. The van der Waals surface area contributed by atoms with Gasteiger partial charge in [-0.3, -0.25) is 0 Å². The predicted molar refractivity (Wildman–Crippen MR) is 262 cm³/mol. The highest BCUT2D eigenvalue weighted by Gasteiger charge is 2.18. The Morgan fingerprint density at radius 2 is 0.500 bits per heavy atom. The molecule has 0 aliphatic rings. The summed E-state index contributed by atoms with van der Waals surface area (Å²) in [5.41, 5.74) is 19.1. The molecule has 2 aromatic heterocycles. The zero-order valence-electron chi connectivity index (χ0n) is 34.0. The van der Waals surface area contributed by atoms with Gasteiger partial charge in [-0.15, -0.1) is 0 Å². The van der Waals surface area contributed by atoms with Crippen molar-refractivity contribution < 1.29 is 0 Å². The first-order chi connectivity index (χ1) is 30.8. The average molecular weight is 789 g/mol. The molecule has 0 spiro atoms. The molecule has 0 radical (unpaired) electrons. The molecule has 290 valence electrons. The molecule has 12 aromatic rings. The van der Waals surface area contributed by atoms with Crippen LogP contribution in [0.15, 0.2) is 243 Å². The summed E-state index contributed by atoms with van der Waals surface area (Å²) in [5.74, 6) is 0. The van der Waals surface area contributed by atoms with E-state index in [0.29, 0.717) is 0 Å². The van der Waals surface area contributed by atoms with Crippen molar-refractivity contribution in [3.63, 3.8) is 0 Å². The second-order valence-corrected chi connectivity index (χ2v) is 16.1. The first-order valence-corrected chi connectivity index (χ1v) is 21.3. The van der Waals surface area contributed by atoms with Crippen LogP contribution in [0.5, 0.6) is 0 Å². The Hall–Kier alpha value is -8.20. The summed E-state index contributed by atoms with van der Waals surface area (Å²) < 4.78 is 4.83. The molecule has 2 heteroatoms. The van der Waals surface area contributed by atoms with Crippen LogP contribution in [0.3, 0.4) is 0 Å². The Balaban J connectivity index is 0.917. The second kappa shape index (κ2) is 14.8. The van der Waals surface area contributed by atoms with E-state index in [9.17, 15) is 0 Å². The van der Waals surface area contributed by atoms with E-state index >= 15 is 0 Å². The fourth-order valence-electron chi connectivity index (χ4n) is 9.68. The van der Waals surface area contributed by atoms with E-state index in [1.807, 2.05) is 0 Å². The lowest BCUT2D eigenvalue weighted by Crippen LogP contribution is -1.95.